The summed E-state index contributed by atoms with van der Waals surface area (Å²) in [6, 6.07) is 0.0251. The summed E-state index contributed by atoms with van der Waals surface area (Å²) >= 11 is 0. The molecule has 2 nitrogen and oxygen atoms in total. The van der Waals surface area contributed by atoms with E-state index in [1.807, 2.05) is 6.92 Å². The van der Waals surface area contributed by atoms with E-state index in [9.17, 15) is 39.5 Å². The van der Waals surface area contributed by atoms with Gasteiger partial charge in [0.05, 0.1) is 6.10 Å². The molecule has 3 rings (SSSR count). The molecule has 0 radical (unpaired) electrons. The van der Waals surface area contributed by atoms with Gasteiger partial charge >= 0.3 is 18.4 Å². The zero-order valence-corrected chi connectivity index (χ0v) is 18.8. The number of allylic oxidation sites excluding steroid dienone is 1. The van der Waals surface area contributed by atoms with E-state index in [1.165, 1.54) is 6.08 Å². The Morgan fingerprint density at radius 3 is 1.89 bits per heavy atom. The van der Waals surface area contributed by atoms with Crippen LogP contribution in [0.4, 0.5) is 39.5 Å². The van der Waals surface area contributed by atoms with Crippen LogP contribution >= 0.6 is 0 Å². The minimum atomic E-state index is -5.36. The molecule has 196 valence electrons. The topological polar surface area (TPSA) is 18.5 Å². The van der Waals surface area contributed by atoms with Gasteiger partial charge in [-0.05, 0) is 44.4 Å². The van der Waals surface area contributed by atoms with Crippen LogP contribution in [0.2, 0.25) is 0 Å². The van der Waals surface area contributed by atoms with Crippen LogP contribution in [0.5, 0.6) is 5.75 Å². The second-order valence-corrected chi connectivity index (χ2v) is 8.80. The van der Waals surface area contributed by atoms with Crippen molar-refractivity contribution >= 4 is 0 Å². The number of alkyl halides is 7. The Morgan fingerprint density at radius 1 is 0.829 bits per heavy atom. The molecule has 2 unspecified atom stereocenters. The van der Waals surface area contributed by atoms with Crippen molar-refractivity contribution in [3.05, 3.63) is 52.6 Å². The van der Waals surface area contributed by atoms with Crippen LogP contribution < -0.4 is 4.74 Å². The van der Waals surface area contributed by atoms with E-state index in [-0.39, 0.29) is 37.0 Å². The van der Waals surface area contributed by atoms with Crippen LogP contribution in [-0.2, 0) is 10.9 Å². The maximum atomic E-state index is 14.6. The van der Waals surface area contributed by atoms with Crippen molar-refractivity contribution in [2.75, 3.05) is 0 Å². The Labute approximate surface area is 196 Å². The summed E-state index contributed by atoms with van der Waals surface area (Å²) in [5.74, 6) is -4.99. The van der Waals surface area contributed by atoms with E-state index >= 15 is 0 Å². The van der Waals surface area contributed by atoms with Gasteiger partial charge in [-0.2, -0.15) is 30.7 Å². The Morgan fingerprint density at radius 2 is 1.40 bits per heavy atom. The average molecular weight is 516 g/mol. The monoisotopic (exact) mass is 516 g/mol. The maximum absolute atomic E-state index is 14.6. The van der Waals surface area contributed by atoms with Crippen molar-refractivity contribution in [1.82, 2.24) is 0 Å². The molecule has 2 aliphatic carbocycles. The number of ether oxygens (including phenoxy) is 2. The zero-order valence-electron chi connectivity index (χ0n) is 18.8. The lowest BCUT2D eigenvalue weighted by Crippen LogP contribution is -2.35. The molecule has 0 saturated heterocycles. The van der Waals surface area contributed by atoms with Crippen LogP contribution in [0.1, 0.15) is 63.9 Å². The summed E-state index contributed by atoms with van der Waals surface area (Å²) in [5.41, 5.74) is -3.00. The first-order valence-corrected chi connectivity index (χ1v) is 11.3. The van der Waals surface area contributed by atoms with E-state index in [4.69, 9.17) is 4.74 Å². The summed E-state index contributed by atoms with van der Waals surface area (Å²) in [7, 11) is 0. The van der Waals surface area contributed by atoms with Gasteiger partial charge in [0, 0.05) is 23.3 Å². The van der Waals surface area contributed by atoms with Gasteiger partial charge in [-0.3, -0.25) is 0 Å². The first-order valence-electron chi connectivity index (χ1n) is 11.3. The standard InChI is InChI=1S/C24H25F9O2/c1-2-3-14-4-6-15(7-5-14)23(30,31)34-17-10-8-16(9-11-17)24(32,33)35-18-12-19(25)21(20(26)13-18)22(27,28)29/h6,8,12-14,17H,2-5,7,9-11H2,1H3. The first-order chi connectivity index (χ1) is 16.2. The second-order valence-electron chi connectivity index (χ2n) is 8.80. The molecule has 0 N–H and O–H groups in total. The molecule has 0 bridgehead atoms. The summed E-state index contributed by atoms with van der Waals surface area (Å²) < 4.78 is 133. The third-order valence-electron chi connectivity index (χ3n) is 6.19. The van der Waals surface area contributed by atoms with Crippen LogP contribution in [0.3, 0.4) is 0 Å². The third kappa shape index (κ3) is 6.74. The van der Waals surface area contributed by atoms with Crippen molar-refractivity contribution < 1.29 is 49.0 Å². The Hall–Kier alpha value is -2.17. The fraction of sp³-hybridized carbons (Fsp3) is 0.583. The van der Waals surface area contributed by atoms with Gasteiger partial charge in [0.25, 0.3) is 0 Å². The molecule has 0 heterocycles. The molecular weight excluding hydrogens is 491 g/mol. The van der Waals surface area contributed by atoms with Crippen LogP contribution in [0, 0.1) is 17.6 Å². The van der Waals surface area contributed by atoms with Crippen molar-refractivity contribution in [2.45, 2.75) is 82.8 Å². The predicted molar refractivity (Wildman–Crippen MR) is 109 cm³/mol. The van der Waals surface area contributed by atoms with E-state index in [1.54, 1.807) is 0 Å². The Balaban J connectivity index is 1.63. The molecule has 11 heteroatoms. The molecule has 0 amide bonds. The maximum Gasteiger partial charge on any atom is 0.422 e. The quantitative estimate of drug-likeness (QED) is 0.255. The number of hydrogen-bond acceptors (Lipinski definition) is 2. The highest BCUT2D eigenvalue weighted by atomic mass is 19.4. The lowest BCUT2D eigenvalue weighted by atomic mass is 9.86. The number of halogens is 9. The Kier molecular flexibility index (Phi) is 8.18. The van der Waals surface area contributed by atoms with E-state index in [2.05, 4.69) is 4.74 Å². The fourth-order valence-corrected chi connectivity index (χ4v) is 4.38. The van der Waals surface area contributed by atoms with Crippen LogP contribution in [0.15, 0.2) is 35.4 Å². The van der Waals surface area contributed by atoms with Crippen molar-refractivity contribution in [2.24, 2.45) is 5.92 Å². The van der Waals surface area contributed by atoms with Gasteiger partial charge in [-0.1, -0.05) is 31.9 Å². The molecule has 0 aromatic heterocycles. The van der Waals surface area contributed by atoms with Gasteiger partial charge in [0.2, 0.25) is 0 Å². The molecule has 0 spiro atoms. The van der Waals surface area contributed by atoms with Gasteiger partial charge < -0.3 is 9.47 Å². The summed E-state index contributed by atoms with van der Waals surface area (Å²) in [6.45, 7) is 2.02. The molecule has 1 aromatic rings. The normalized spacial score (nSPS) is 22.0. The second kappa shape index (κ2) is 10.4. The summed E-state index contributed by atoms with van der Waals surface area (Å²) in [5, 5.41) is 0. The summed E-state index contributed by atoms with van der Waals surface area (Å²) in [6.07, 6.45) is -9.25. The predicted octanol–water partition coefficient (Wildman–Crippen LogP) is 8.57. The zero-order chi connectivity index (χ0) is 26.0. The van der Waals surface area contributed by atoms with E-state index in [0.29, 0.717) is 18.8 Å². The smallest absolute Gasteiger partial charge is 0.422 e. The highest BCUT2D eigenvalue weighted by Crippen LogP contribution is 2.41. The molecule has 35 heavy (non-hydrogen) atoms. The lowest BCUT2D eigenvalue weighted by Gasteiger charge is -2.32. The van der Waals surface area contributed by atoms with Crippen LogP contribution in [0.25, 0.3) is 0 Å². The Bertz CT molecular complexity index is 943. The van der Waals surface area contributed by atoms with Crippen molar-refractivity contribution in [1.29, 1.82) is 0 Å². The molecule has 0 fully saturated rings. The van der Waals surface area contributed by atoms with Gasteiger partial charge in [0.1, 0.15) is 22.9 Å². The lowest BCUT2D eigenvalue weighted by molar-refractivity contribution is -0.239. The highest BCUT2D eigenvalue weighted by molar-refractivity contribution is 5.33. The van der Waals surface area contributed by atoms with Crippen LogP contribution in [-0.4, -0.2) is 18.3 Å². The first kappa shape index (κ1) is 27.4. The largest absolute Gasteiger partial charge is 0.429 e. The molecule has 0 saturated carbocycles. The summed E-state index contributed by atoms with van der Waals surface area (Å²) in [4.78, 5) is 0. The SMILES string of the molecule is CCCC1CC=C(C(F)(F)OC2CC=C(C(F)(F)Oc3cc(F)c(C(F)(F)F)c(F)c3)CC2)CC1. The van der Waals surface area contributed by atoms with Gasteiger partial charge in [-0.15, -0.1) is 0 Å². The number of rotatable bonds is 8. The number of hydrogen-bond donors (Lipinski definition) is 0. The third-order valence-corrected chi connectivity index (χ3v) is 6.19. The molecule has 2 atom stereocenters. The van der Waals surface area contributed by atoms with Crippen molar-refractivity contribution in [3.8, 4) is 5.75 Å². The van der Waals surface area contributed by atoms with Gasteiger partial charge in [0.15, 0.2) is 0 Å². The minimum absolute atomic E-state index is 0.0125. The molecule has 2 aliphatic rings. The molecular formula is C24H25F9O2. The van der Waals surface area contributed by atoms with E-state index < -0.39 is 59.4 Å². The minimum Gasteiger partial charge on any atom is -0.429 e. The molecule has 1 aromatic carbocycles. The average Bonchev–Trinajstić information content (AvgIpc) is 2.72. The molecule has 0 aliphatic heterocycles. The fourth-order valence-electron chi connectivity index (χ4n) is 4.38. The van der Waals surface area contributed by atoms with Gasteiger partial charge in [-0.25, -0.2) is 8.78 Å². The van der Waals surface area contributed by atoms with E-state index in [0.717, 1.165) is 18.9 Å². The van der Waals surface area contributed by atoms with Crippen molar-refractivity contribution in [3.63, 3.8) is 0 Å². The highest BCUT2D eigenvalue weighted by Gasteiger charge is 2.44. The number of benzene rings is 1.